The van der Waals surface area contributed by atoms with Crippen LogP contribution in [0.2, 0.25) is 0 Å². The SMILES string of the molecule is Cc1ccc(C(=O)NCC(C)Cn2nc(C)cc2C)c(C)n1. The van der Waals surface area contributed by atoms with Gasteiger partial charge in [0.15, 0.2) is 0 Å². The fraction of sp³-hybridized carbons (Fsp3) is 0.471. The molecule has 2 rings (SSSR count). The van der Waals surface area contributed by atoms with Crippen molar-refractivity contribution in [2.45, 2.75) is 41.2 Å². The van der Waals surface area contributed by atoms with E-state index < -0.39 is 0 Å². The van der Waals surface area contributed by atoms with Crippen LogP contribution < -0.4 is 5.32 Å². The summed E-state index contributed by atoms with van der Waals surface area (Å²) < 4.78 is 1.99. The Morgan fingerprint density at radius 1 is 1.23 bits per heavy atom. The van der Waals surface area contributed by atoms with Gasteiger partial charge in [0.2, 0.25) is 0 Å². The second-order valence-electron chi connectivity index (χ2n) is 6.01. The van der Waals surface area contributed by atoms with Crippen molar-refractivity contribution in [3.63, 3.8) is 0 Å². The minimum atomic E-state index is -0.0646. The van der Waals surface area contributed by atoms with Crippen molar-refractivity contribution < 1.29 is 4.79 Å². The molecule has 0 aliphatic heterocycles. The van der Waals surface area contributed by atoms with E-state index in [1.54, 1.807) is 0 Å². The molecule has 5 heteroatoms. The first kappa shape index (κ1) is 16.2. The van der Waals surface area contributed by atoms with Gasteiger partial charge in [0.25, 0.3) is 5.91 Å². The lowest BCUT2D eigenvalue weighted by molar-refractivity contribution is 0.0945. The summed E-state index contributed by atoms with van der Waals surface area (Å²) in [7, 11) is 0. The molecule has 0 aromatic carbocycles. The van der Waals surface area contributed by atoms with Crippen molar-refractivity contribution in [2.75, 3.05) is 6.54 Å². The molecule has 0 spiro atoms. The number of hydrogen-bond donors (Lipinski definition) is 1. The highest BCUT2D eigenvalue weighted by atomic mass is 16.1. The molecule has 0 radical (unpaired) electrons. The molecule has 1 N–H and O–H groups in total. The molecule has 0 bridgehead atoms. The van der Waals surface area contributed by atoms with Crippen molar-refractivity contribution in [3.8, 4) is 0 Å². The summed E-state index contributed by atoms with van der Waals surface area (Å²) in [5.74, 6) is 0.242. The van der Waals surface area contributed by atoms with Crippen molar-refractivity contribution in [1.82, 2.24) is 20.1 Å². The molecule has 5 nitrogen and oxygen atoms in total. The van der Waals surface area contributed by atoms with Gasteiger partial charge in [-0.3, -0.25) is 14.5 Å². The van der Waals surface area contributed by atoms with Crippen molar-refractivity contribution in [3.05, 3.63) is 46.5 Å². The molecule has 1 unspecified atom stereocenters. The van der Waals surface area contributed by atoms with Gasteiger partial charge in [-0.1, -0.05) is 6.92 Å². The molecule has 0 aliphatic rings. The maximum absolute atomic E-state index is 12.2. The number of amides is 1. The number of nitrogens with one attached hydrogen (secondary N) is 1. The van der Waals surface area contributed by atoms with E-state index >= 15 is 0 Å². The van der Waals surface area contributed by atoms with Crippen LogP contribution in [0.25, 0.3) is 0 Å². The Labute approximate surface area is 131 Å². The van der Waals surface area contributed by atoms with E-state index in [-0.39, 0.29) is 5.91 Å². The van der Waals surface area contributed by atoms with E-state index in [2.05, 4.69) is 28.4 Å². The molecule has 1 atom stereocenters. The fourth-order valence-corrected chi connectivity index (χ4v) is 2.51. The van der Waals surface area contributed by atoms with Gasteiger partial charge >= 0.3 is 0 Å². The van der Waals surface area contributed by atoms with Gasteiger partial charge in [-0.05, 0) is 51.8 Å². The summed E-state index contributed by atoms with van der Waals surface area (Å²) >= 11 is 0. The summed E-state index contributed by atoms with van der Waals surface area (Å²) in [4.78, 5) is 16.6. The van der Waals surface area contributed by atoms with Crippen LogP contribution >= 0.6 is 0 Å². The van der Waals surface area contributed by atoms with E-state index in [0.717, 1.165) is 29.3 Å². The van der Waals surface area contributed by atoms with Gasteiger partial charge in [-0.15, -0.1) is 0 Å². The predicted molar refractivity (Wildman–Crippen MR) is 86.9 cm³/mol. The molecular formula is C17H24N4O. The van der Waals surface area contributed by atoms with E-state index in [1.165, 1.54) is 0 Å². The molecule has 118 valence electrons. The van der Waals surface area contributed by atoms with Gasteiger partial charge in [-0.25, -0.2) is 0 Å². The lowest BCUT2D eigenvalue weighted by atomic mass is 10.1. The van der Waals surface area contributed by atoms with E-state index in [1.807, 2.05) is 44.5 Å². The van der Waals surface area contributed by atoms with Gasteiger partial charge in [0.1, 0.15) is 0 Å². The zero-order valence-corrected chi connectivity index (χ0v) is 14.0. The Balaban J connectivity index is 1.91. The quantitative estimate of drug-likeness (QED) is 0.923. The first-order chi connectivity index (χ1) is 10.4. The number of pyridine rings is 1. The van der Waals surface area contributed by atoms with Gasteiger partial charge < -0.3 is 5.32 Å². The molecule has 0 saturated carbocycles. The third-order valence-corrected chi connectivity index (χ3v) is 3.67. The Bertz CT molecular complexity index is 675. The highest BCUT2D eigenvalue weighted by molar-refractivity contribution is 5.95. The summed E-state index contributed by atoms with van der Waals surface area (Å²) in [5.41, 5.74) is 4.50. The molecule has 0 aliphatic carbocycles. The van der Waals surface area contributed by atoms with E-state index in [0.29, 0.717) is 18.0 Å². The number of aromatic nitrogens is 3. The molecule has 22 heavy (non-hydrogen) atoms. The third kappa shape index (κ3) is 3.93. The van der Waals surface area contributed by atoms with Crippen LogP contribution in [0.4, 0.5) is 0 Å². The average molecular weight is 300 g/mol. The summed E-state index contributed by atoms with van der Waals surface area (Å²) in [6.45, 7) is 11.3. The second-order valence-corrected chi connectivity index (χ2v) is 6.01. The number of carbonyl (C=O) groups is 1. The fourth-order valence-electron chi connectivity index (χ4n) is 2.51. The molecular weight excluding hydrogens is 276 g/mol. The topological polar surface area (TPSA) is 59.8 Å². The third-order valence-electron chi connectivity index (χ3n) is 3.67. The molecule has 0 fully saturated rings. The monoisotopic (exact) mass is 300 g/mol. The zero-order chi connectivity index (χ0) is 16.3. The molecule has 0 saturated heterocycles. The van der Waals surface area contributed by atoms with Gasteiger partial charge in [0.05, 0.1) is 17.0 Å². The Kier molecular flexibility index (Phi) is 4.96. The first-order valence-electron chi connectivity index (χ1n) is 7.60. The van der Waals surface area contributed by atoms with Crippen LogP contribution in [-0.4, -0.2) is 27.2 Å². The first-order valence-corrected chi connectivity index (χ1v) is 7.60. The molecule has 2 aromatic heterocycles. The summed E-state index contributed by atoms with van der Waals surface area (Å²) in [6, 6.07) is 5.76. The Hall–Kier alpha value is -2.17. The number of nitrogens with zero attached hydrogens (tertiary/aromatic N) is 3. The number of aryl methyl sites for hydroxylation is 4. The highest BCUT2D eigenvalue weighted by Gasteiger charge is 2.12. The van der Waals surface area contributed by atoms with Crippen LogP contribution in [0.5, 0.6) is 0 Å². The average Bonchev–Trinajstić information content (AvgIpc) is 2.74. The number of rotatable bonds is 5. The maximum atomic E-state index is 12.2. The minimum absolute atomic E-state index is 0.0646. The lowest BCUT2D eigenvalue weighted by Gasteiger charge is -2.14. The van der Waals surface area contributed by atoms with Crippen LogP contribution in [0.1, 0.15) is 40.1 Å². The Morgan fingerprint density at radius 2 is 1.95 bits per heavy atom. The smallest absolute Gasteiger partial charge is 0.253 e. The van der Waals surface area contributed by atoms with Gasteiger partial charge in [0, 0.05) is 24.5 Å². The summed E-state index contributed by atoms with van der Waals surface area (Å²) in [6.07, 6.45) is 0. The normalized spacial score (nSPS) is 12.2. The largest absolute Gasteiger partial charge is 0.352 e. The lowest BCUT2D eigenvalue weighted by Crippen LogP contribution is -2.31. The minimum Gasteiger partial charge on any atom is -0.352 e. The number of carbonyl (C=O) groups excluding carboxylic acids is 1. The van der Waals surface area contributed by atoms with Crippen molar-refractivity contribution >= 4 is 5.91 Å². The van der Waals surface area contributed by atoms with Crippen LogP contribution in [0, 0.1) is 33.6 Å². The standard InChI is InChI=1S/C17H24N4O/c1-11(10-21-14(4)8-13(3)20-21)9-18-17(22)16-7-6-12(2)19-15(16)5/h6-8,11H,9-10H2,1-5H3,(H,18,22). The predicted octanol–water partition coefficient (Wildman–Crippen LogP) is 2.58. The zero-order valence-electron chi connectivity index (χ0n) is 14.0. The summed E-state index contributed by atoms with van der Waals surface area (Å²) in [5, 5.41) is 7.44. The van der Waals surface area contributed by atoms with Crippen LogP contribution in [0.3, 0.4) is 0 Å². The highest BCUT2D eigenvalue weighted by Crippen LogP contribution is 2.08. The van der Waals surface area contributed by atoms with Crippen molar-refractivity contribution in [2.24, 2.45) is 5.92 Å². The molecule has 2 aromatic rings. The van der Waals surface area contributed by atoms with E-state index in [9.17, 15) is 4.79 Å². The van der Waals surface area contributed by atoms with Crippen molar-refractivity contribution in [1.29, 1.82) is 0 Å². The van der Waals surface area contributed by atoms with Crippen LogP contribution in [0.15, 0.2) is 18.2 Å². The maximum Gasteiger partial charge on any atom is 0.253 e. The second kappa shape index (κ2) is 6.73. The number of hydrogen-bond acceptors (Lipinski definition) is 3. The van der Waals surface area contributed by atoms with Gasteiger partial charge in [-0.2, -0.15) is 5.10 Å². The Morgan fingerprint density at radius 3 is 2.55 bits per heavy atom. The van der Waals surface area contributed by atoms with E-state index in [4.69, 9.17) is 0 Å². The van der Waals surface area contributed by atoms with Crippen LogP contribution in [-0.2, 0) is 6.54 Å². The molecule has 2 heterocycles. The molecule has 1 amide bonds.